The molecule has 1 aromatic carbocycles. The third-order valence-corrected chi connectivity index (χ3v) is 4.20. The largest absolute Gasteiger partial charge is 0.490 e. The van der Waals surface area contributed by atoms with Gasteiger partial charge < -0.3 is 19.7 Å². The smallest absolute Gasteiger partial charge is 0.253 e. The number of carbonyl (C=O) groups excluding carboxylic acids is 2. The summed E-state index contributed by atoms with van der Waals surface area (Å²) in [7, 11) is 0. The van der Waals surface area contributed by atoms with Crippen LogP contribution in [0.2, 0.25) is 0 Å². The van der Waals surface area contributed by atoms with Gasteiger partial charge in [-0.3, -0.25) is 9.59 Å². The van der Waals surface area contributed by atoms with E-state index < -0.39 is 5.41 Å². The van der Waals surface area contributed by atoms with Crippen LogP contribution in [0.3, 0.4) is 0 Å². The highest BCUT2D eigenvalue weighted by atomic mass is 16.5. The zero-order valence-corrected chi connectivity index (χ0v) is 14.4. The molecule has 0 saturated carbocycles. The highest BCUT2D eigenvalue weighted by Crippen LogP contribution is 2.36. The van der Waals surface area contributed by atoms with Gasteiger partial charge in [0.2, 0.25) is 5.91 Å². The van der Waals surface area contributed by atoms with Gasteiger partial charge in [0.05, 0.1) is 12.2 Å². The summed E-state index contributed by atoms with van der Waals surface area (Å²) in [6.45, 7) is 7.29. The van der Waals surface area contributed by atoms with Gasteiger partial charge in [-0.1, -0.05) is 20.8 Å². The van der Waals surface area contributed by atoms with Crippen LogP contribution in [0.1, 0.15) is 33.6 Å². The minimum atomic E-state index is -0.481. The van der Waals surface area contributed by atoms with Crippen LogP contribution in [-0.2, 0) is 14.3 Å². The highest BCUT2D eigenvalue weighted by Gasteiger charge is 2.32. The van der Waals surface area contributed by atoms with E-state index >= 15 is 0 Å². The van der Waals surface area contributed by atoms with E-state index in [0.29, 0.717) is 36.9 Å². The van der Waals surface area contributed by atoms with E-state index in [1.54, 1.807) is 23.1 Å². The summed E-state index contributed by atoms with van der Waals surface area (Å²) in [5.41, 5.74) is 0.865. The Labute approximate surface area is 142 Å². The van der Waals surface area contributed by atoms with Crippen LogP contribution in [0.5, 0.6) is 5.75 Å². The Balaban J connectivity index is 1.82. The Morgan fingerprint density at radius 1 is 1.25 bits per heavy atom. The molecule has 2 aliphatic rings. The molecule has 1 saturated heterocycles. The Kier molecular flexibility index (Phi) is 4.49. The maximum Gasteiger partial charge on any atom is 0.253 e. The fourth-order valence-electron chi connectivity index (χ4n) is 2.92. The maximum atomic E-state index is 12.7. The Hall–Kier alpha value is -2.08. The highest BCUT2D eigenvalue weighted by molar-refractivity contribution is 6.00. The molecule has 2 aliphatic heterocycles. The number of amides is 2. The van der Waals surface area contributed by atoms with Crippen molar-refractivity contribution in [1.29, 1.82) is 0 Å². The van der Waals surface area contributed by atoms with E-state index in [1.807, 2.05) is 20.8 Å². The average molecular weight is 332 g/mol. The summed E-state index contributed by atoms with van der Waals surface area (Å²) in [5, 5.41) is 2.87. The molecule has 2 amide bonds. The molecule has 2 heterocycles. The monoisotopic (exact) mass is 332 g/mol. The van der Waals surface area contributed by atoms with E-state index in [0.717, 1.165) is 12.8 Å². The van der Waals surface area contributed by atoms with Gasteiger partial charge in [0.15, 0.2) is 0 Å². The van der Waals surface area contributed by atoms with Crippen LogP contribution in [0.4, 0.5) is 11.4 Å². The molecule has 1 N–H and O–H groups in total. The van der Waals surface area contributed by atoms with Crippen LogP contribution in [0.25, 0.3) is 0 Å². The second kappa shape index (κ2) is 6.43. The molecule has 1 aromatic rings. The normalized spacial score (nSPS) is 20.3. The van der Waals surface area contributed by atoms with Crippen molar-refractivity contribution in [2.75, 3.05) is 30.0 Å². The topological polar surface area (TPSA) is 67.9 Å². The molecule has 6 nitrogen and oxygen atoms in total. The van der Waals surface area contributed by atoms with Crippen molar-refractivity contribution in [3.8, 4) is 5.75 Å². The molecule has 130 valence electrons. The summed E-state index contributed by atoms with van der Waals surface area (Å²) in [4.78, 5) is 26.6. The predicted octanol–water partition coefficient (Wildman–Crippen LogP) is 2.58. The van der Waals surface area contributed by atoms with E-state index in [9.17, 15) is 9.59 Å². The zero-order chi connectivity index (χ0) is 17.3. The molecule has 0 radical (unpaired) electrons. The molecule has 1 atom stereocenters. The minimum absolute atomic E-state index is 0.0367. The second-order valence-corrected chi connectivity index (χ2v) is 7.23. The lowest BCUT2D eigenvalue weighted by atomic mass is 9.94. The predicted molar refractivity (Wildman–Crippen MR) is 91.3 cm³/mol. The molecule has 0 spiro atoms. The van der Waals surface area contributed by atoms with Gasteiger partial charge in [-0.05, 0) is 31.0 Å². The first-order valence-electron chi connectivity index (χ1n) is 8.37. The number of nitrogens with one attached hydrogen (secondary N) is 1. The number of fused-ring (bicyclic) bond motifs is 1. The van der Waals surface area contributed by atoms with Crippen LogP contribution < -0.4 is 15.0 Å². The van der Waals surface area contributed by atoms with Gasteiger partial charge >= 0.3 is 0 Å². The van der Waals surface area contributed by atoms with E-state index in [2.05, 4.69) is 5.32 Å². The third kappa shape index (κ3) is 3.38. The lowest BCUT2D eigenvalue weighted by Crippen LogP contribution is -2.44. The minimum Gasteiger partial charge on any atom is -0.490 e. The van der Waals surface area contributed by atoms with Crippen molar-refractivity contribution >= 4 is 23.2 Å². The number of hydrogen-bond acceptors (Lipinski definition) is 4. The van der Waals surface area contributed by atoms with E-state index in [-0.39, 0.29) is 17.9 Å². The van der Waals surface area contributed by atoms with Crippen LogP contribution in [-0.4, -0.2) is 37.7 Å². The Morgan fingerprint density at radius 2 is 2.04 bits per heavy atom. The van der Waals surface area contributed by atoms with Gasteiger partial charge in [0.1, 0.15) is 18.5 Å². The van der Waals surface area contributed by atoms with Crippen LogP contribution in [0.15, 0.2) is 18.2 Å². The van der Waals surface area contributed by atoms with Crippen molar-refractivity contribution in [2.24, 2.45) is 5.41 Å². The summed E-state index contributed by atoms with van der Waals surface area (Å²) in [5.74, 6) is 0.557. The molecule has 0 unspecified atom stereocenters. The second-order valence-electron chi connectivity index (χ2n) is 7.23. The van der Waals surface area contributed by atoms with Gasteiger partial charge in [-0.15, -0.1) is 0 Å². The Bertz CT molecular complexity index is 645. The number of nitrogens with zero attached hydrogens (tertiary/aromatic N) is 1. The van der Waals surface area contributed by atoms with E-state index in [4.69, 9.17) is 9.47 Å². The third-order valence-electron chi connectivity index (χ3n) is 4.20. The number of ether oxygens (including phenoxy) is 2. The molecule has 24 heavy (non-hydrogen) atoms. The molecular formula is C18H24N2O4. The SMILES string of the molecule is CC(C)(C)C(=O)N1CCOc2ccc(NC(=O)[C@H]3CCCO3)cc21. The van der Waals surface area contributed by atoms with Crippen molar-refractivity contribution in [2.45, 2.75) is 39.7 Å². The number of hydrogen-bond donors (Lipinski definition) is 1. The van der Waals surface area contributed by atoms with E-state index in [1.165, 1.54) is 0 Å². The van der Waals surface area contributed by atoms with Crippen LogP contribution >= 0.6 is 0 Å². The molecular weight excluding hydrogens is 308 g/mol. The van der Waals surface area contributed by atoms with Crippen molar-refractivity contribution < 1.29 is 19.1 Å². The van der Waals surface area contributed by atoms with Crippen molar-refractivity contribution in [1.82, 2.24) is 0 Å². The first kappa shape index (κ1) is 16.8. The van der Waals surface area contributed by atoms with Gasteiger partial charge in [0.25, 0.3) is 5.91 Å². The number of anilines is 2. The van der Waals surface area contributed by atoms with Crippen LogP contribution in [0, 0.1) is 5.41 Å². The summed E-state index contributed by atoms with van der Waals surface area (Å²) < 4.78 is 11.0. The quantitative estimate of drug-likeness (QED) is 0.904. The zero-order valence-electron chi connectivity index (χ0n) is 14.4. The standard InChI is InChI=1S/C18H24N2O4/c1-18(2,3)17(22)20-8-10-24-14-7-6-12(11-13(14)20)19-16(21)15-5-4-9-23-15/h6-7,11,15H,4-5,8-10H2,1-3H3,(H,19,21)/t15-/m1/s1. The molecule has 3 rings (SSSR count). The molecule has 6 heteroatoms. The molecule has 0 aromatic heterocycles. The lowest BCUT2D eigenvalue weighted by molar-refractivity contribution is -0.126. The number of benzene rings is 1. The maximum absolute atomic E-state index is 12.7. The first-order valence-corrected chi connectivity index (χ1v) is 8.37. The fraction of sp³-hybridized carbons (Fsp3) is 0.556. The van der Waals surface area contributed by atoms with Crippen molar-refractivity contribution in [3.63, 3.8) is 0 Å². The first-order chi connectivity index (χ1) is 11.4. The number of carbonyl (C=O) groups is 2. The van der Waals surface area contributed by atoms with Gasteiger partial charge in [0, 0.05) is 17.7 Å². The van der Waals surface area contributed by atoms with Gasteiger partial charge in [-0.25, -0.2) is 0 Å². The lowest BCUT2D eigenvalue weighted by Gasteiger charge is -2.34. The molecule has 0 aliphatic carbocycles. The molecule has 0 bridgehead atoms. The summed E-state index contributed by atoms with van der Waals surface area (Å²) >= 11 is 0. The van der Waals surface area contributed by atoms with Gasteiger partial charge in [-0.2, -0.15) is 0 Å². The Morgan fingerprint density at radius 3 is 2.71 bits per heavy atom. The summed E-state index contributed by atoms with van der Waals surface area (Å²) in [6.07, 6.45) is 1.27. The van der Waals surface area contributed by atoms with Crippen molar-refractivity contribution in [3.05, 3.63) is 18.2 Å². The fourth-order valence-corrected chi connectivity index (χ4v) is 2.92. The average Bonchev–Trinajstić information content (AvgIpc) is 3.07. The molecule has 1 fully saturated rings. The number of rotatable bonds is 2. The summed E-state index contributed by atoms with van der Waals surface area (Å²) in [6, 6.07) is 5.38.